The van der Waals surface area contributed by atoms with Gasteiger partial charge in [0, 0.05) is 18.9 Å². The van der Waals surface area contributed by atoms with Gasteiger partial charge in [-0.1, -0.05) is 12.1 Å². The summed E-state index contributed by atoms with van der Waals surface area (Å²) in [5.41, 5.74) is 0.812. The molecule has 0 saturated heterocycles. The zero-order valence-electron chi connectivity index (χ0n) is 10.00. The van der Waals surface area contributed by atoms with E-state index in [1.54, 1.807) is 13.3 Å². The third-order valence-electron chi connectivity index (χ3n) is 2.76. The first kappa shape index (κ1) is 11.7. The zero-order valence-corrected chi connectivity index (χ0v) is 10.00. The van der Waals surface area contributed by atoms with Crippen LogP contribution in [0.15, 0.2) is 36.7 Å². The minimum absolute atomic E-state index is 0.665. The number of methoxy groups -OCH3 is 1. The van der Waals surface area contributed by atoms with Crippen molar-refractivity contribution >= 4 is 0 Å². The first-order chi connectivity index (χ1) is 8.26. The molecule has 0 bridgehead atoms. The van der Waals surface area contributed by atoms with Gasteiger partial charge < -0.3 is 14.4 Å². The fourth-order valence-corrected chi connectivity index (χ4v) is 1.77. The number of aliphatic hydroxyl groups excluding tert-OH is 1. The van der Waals surface area contributed by atoms with Crippen LogP contribution >= 0.6 is 0 Å². The zero-order chi connectivity index (χ0) is 12.3. The number of aromatic nitrogens is 2. The molecule has 1 aromatic carbocycles. The second-order valence-corrected chi connectivity index (χ2v) is 3.75. The molecule has 4 nitrogen and oxygen atoms in total. The monoisotopic (exact) mass is 232 g/mol. The molecule has 0 amide bonds. The Kier molecular flexibility index (Phi) is 3.44. The number of ether oxygens (including phenoxy) is 1. The first-order valence-electron chi connectivity index (χ1n) is 5.59. The lowest BCUT2D eigenvalue weighted by Gasteiger charge is -2.12. The molecule has 0 aliphatic heterocycles. The summed E-state index contributed by atoms with van der Waals surface area (Å²) in [6, 6.07) is 7.35. The van der Waals surface area contributed by atoms with Gasteiger partial charge in [-0.25, -0.2) is 4.98 Å². The standard InChI is InChI=1S/C13H16N2O2/c1-3-15-9-8-14-13(15)12(16)10-4-6-11(17-2)7-5-10/h4-9,12,16H,3H2,1-2H3/t12-/m1/s1. The number of benzene rings is 1. The second kappa shape index (κ2) is 5.01. The van der Waals surface area contributed by atoms with Crippen LogP contribution in [0.3, 0.4) is 0 Å². The molecule has 0 aliphatic rings. The molecule has 0 saturated carbocycles. The van der Waals surface area contributed by atoms with E-state index < -0.39 is 6.10 Å². The molecule has 0 fully saturated rings. The Morgan fingerprint density at radius 1 is 1.35 bits per heavy atom. The Labute approximate surface area is 100 Å². The van der Waals surface area contributed by atoms with Crippen molar-refractivity contribution in [2.45, 2.75) is 19.6 Å². The second-order valence-electron chi connectivity index (χ2n) is 3.75. The van der Waals surface area contributed by atoms with Gasteiger partial charge in [0.1, 0.15) is 17.7 Å². The van der Waals surface area contributed by atoms with Gasteiger partial charge in [0.15, 0.2) is 0 Å². The summed E-state index contributed by atoms with van der Waals surface area (Å²) in [6.07, 6.45) is 2.86. The molecule has 1 aromatic heterocycles. The van der Waals surface area contributed by atoms with Crippen LogP contribution in [0.25, 0.3) is 0 Å². The summed E-state index contributed by atoms with van der Waals surface area (Å²) in [6.45, 7) is 2.81. The number of aryl methyl sites for hydroxylation is 1. The van der Waals surface area contributed by atoms with Crippen molar-refractivity contribution in [3.63, 3.8) is 0 Å². The Morgan fingerprint density at radius 3 is 2.65 bits per heavy atom. The molecule has 2 rings (SSSR count). The quantitative estimate of drug-likeness (QED) is 0.877. The third-order valence-corrected chi connectivity index (χ3v) is 2.76. The van der Waals surface area contributed by atoms with Gasteiger partial charge >= 0.3 is 0 Å². The van der Waals surface area contributed by atoms with Crippen LogP contribution in [-0.2, 0) is 6.54 Å². The molecule has 0 radical (unpaired) electrons. The van der Waals surface area contributed by atoms with E-state index in [9.17, 15) is 5.11 Å². The van der Waals surface area contributed by atoms with E-state index in [0.717, 1.165) is 17.9 Å². The van der Waals surface area contributed by atoms with Crippen LogP contribution in [0.5, 0.6) is 5.75 Å². The van der Waals surface area contributed by atoms with Gasteiger partial charge in [0.25, 0.3) is 0 Å². The van der Waals surface area contributed by atoms with Gasteiger partial charge in [-0.2, -0.15) is 0 Å². The summed E-state index contributed by atoms with van der Waals surface area (Å²) >= 11 is 0. The van der Waals surface area contributed by atoms with Gasteiger partial charge in [-0.3, -0.25) is 0 Å². The summed E-state index contributed by atoms with van der Waals surface area (Å²) in [4.78, 5) is 4.19. The fraction of sp³-hybridized carbons (Fsp3) is 0.308. The fourth-order valence-electron chi connectivity index (χ4n) is 1.77. The average molecular weight is 232 g/mol. The highest BCUT2D eigenvalue weighted by molar-refractivity contribution is 5.30. The highest BCUT2D eigenvalue weighted by Crippen LogP contribution is 2.22. The maximum Gasteiger partial charge on any atom is 0.142 e. The van der Waals surface area contributed by atoms with Gasteiger partial charge in [-0.15, -0.1) is 0 Å². The van der Waals surface area contributed by atoms with Crippen molar-refractivity contribution in [3.8, 4) is 5.75 Å². The lowest BCUT2D eigenvalue weighted by molar-refractivity contribution is 0.204. The van der Waals surface area contributed by atoms with E-state index in [1.807, 2.05) is 42.0 Å². The van der Waals surface area contributed by atoms with Crippen molar-refractivity contribution in [3.05, 3.63) is 48.0 Å². The topological polar surface area (TPSA) is 47.3 Å². The predicted octanol–water partition coefficient (Wildman–Crippen LogP) is 1.99. The van der Waals surface area contributed by atoms with Crippen molar-refractivity contribution in [2.24, 2.45) is 0 Å². The van der Waals surface area contributed by atoms with Crippen molar-refractivity contribution in [1.29, 1.82) is 0 Å². The lowest BCUT2D eigenvalue weighted by Crippen LogP contribution is -2.08. The summed E-state index contributed by atoms with van der Waals surface area (Å²) in [5, 5.41) is 10.2. The Morgan fingerprint density at radius 2 is 2.06 bits per heavy atom. The maximum atomic E-state index is 10.2. The Hall–Kier alpha value is -1.81. The number of rotatable bonds is 4. The minimum atomic E-state index is -0.698. The smallest absolute Gasteiger partial charge is 0.142 e. The van der Waals surface area contributed by atoms with E-state index in [4.69, 9.17) is 4.74 Å². The van der Waals surface area contributed by atoms with Crippen molar-refractivity contribution in [1.82, 2.24) is 9.55 Å². The molecular weight excluding hydrogens is 216 g/mol. The largest absolute Gasteiger partial charge is 0.497 e. The van der Waals surface area contributed by atoms with Crippen molar-refractivity contribution < 1.29 is 9.84 Å². The molecule has 1 N–H and O–H groups in total. The van der Waals surface area contributed by atoms with Crippen LogP contribution in [-0.4, -0.2) is 21.8 Å². The van der Waals surface area contributed by atoms with E-state index in [0.29, 0.717) is 5.82 Å². The summed E-state index contributed by atoms with van der Waals surface area (Å²) < 4.78 is 7.01. The summed E-state index contributed by atoms with van der Waals surface area (Å²) in [5.74, 6) is 1.44. The molecular formula is C13H16N2O2. The highest BCUT2D eigenvalue weighted by Gasteiger charge is 2.15. The molecule has 1 atom stereocenters. The molecule has 0 unspecified atom stereocenters. The van der Waals surface area contributed by atoms with Crippen molar-refractivity contribution in [2.75, 3.05) is 7.11 Å². The van der Waals surface area contributed by atoms with Gasteiger partial charge in [0.2, 0.25) is 0 Å². The molecule has 0 aliphatic carbocycles. The predicted molar refractivity (Wildman–Crippen MR) is 65.0 cm³/mol. The Balaban J connectivity index is 2.27. The molecule has 90 valence electrons. The first-order valence-corrected chi connectivity index (χ1v) is 5.59. The highest BCUT2D eigenvalue weighted by atomic mass is 16.5. The van der Waals surface area contributed by atoms with E-state index in [-0.39, 0.29) is 0 Å². The van der Waals surface area contributed by atoms with Crippen LogP contribution in [0.1, 0.15) is 24.4 Å². The van der Waals surface area contributed by atoms with E-state index >= 15 is 0 Å². The normalized spacial score (nSPS) is 12.4. The SMILES string of the molecule is CCn1ccnc1[C@H](O)c1ccc(OC)cc1. The van der Waals surface area contributed by atoms with Gasteiger partial charge in [0.05, 0.1) is 7.11 Å². The van der Waals surface area contributed by atoms with E-state index in [2.05, 4.69) is 4.98 Å². The number of imidazole rings is 1. The number of aliphatic hydroxyl groups is 1. The maximum absolute atomic E-state index is 10.2. The van der Waals surface area contributed by atoms with Crippen LogP contribution in [0.4, 0.5) is 0 Å². The molecule has 4 heteroatoms. The third kappa shape index (κ3) is 2.31. The Bertz CT molecular complexity index is 476. The van der Waals surface area contributed by atoms with Gasteiger partial charge in [-0.05, 0) is 24.6 Å². The minimum Gasteiger partial charge on any atom is -0.497 e. The molecule has 0 spiro atoms. The number of nitrogens with zero attached hydrogens (tertiary/aromatic N) is 2. The molecule has 2 aromatic rings. The molecule has 17 heavy (non-hydrogen) atoms. The van der Waals surface area contributed by atoms with Crippen LogP contribution < -0.4 is 4.74 Å². The number of hydrogen-bond donors (Lipinski definition) is 1. The van der Waals surface area contributed by atoms with E-state index in [1.165, 1.54) is 0 Å². The number of hydrogen-bond acceptors (Lipinski definition) is 3. The lowest BCUT2D eigenvalue weighted by atomic mass is 10.1. The molecule has 1 heterocycles. The average Bonchev–Trinajstić information content (AvgIpc) is 2.86. The van der Waals surface area contributed by atoms with Crippen LogP contribution in [0, 0.1) is 0 Å². The van der Waals surface area contributed by atoms with Crippen LogP contribution in [0.2, 0.25) is 0 Å². The summed E-state index contributed by atoms with van der Waals surface area (Å²) in [7, 11) is 1.62.